The number of hydrogen-bond donors (Lipinski definition) is 2. The fourth-order valence-corrected chi connectivity index (χ4v) is 2.57. The number of halogens is 1. The van der Waals surface area contributed by atoms with Crippen LogP contribution in [0.2, 0.25) is 0 Å². The molecule has 1 aromatic rings. The van der Waals surface area contributed by atoms with Crippen LogP contribution in [-0.4, -0.2) is 24.2 Å². The van der Waals surface area contributed by atoms with E-state index < -0.39 is 0 Å². The highest BCUT2D eigenvalue weighted by Crippen LogP contribution is 2.47. The van der Waals surface area contributed by atoms with Gasteiger partial charge in [-0.05, 0) is 59.4 Å². The van der Waals surface area contributed by atoms with Gasteiger partial charge in [-0.25, -0.2) is 0 Å². The Hall–Kier alpha value is -0.620. The highest BCUT2D eigenvalue weighted by molar-refractivity contribution is 14.1. The average molecular weight is 345 g/mol. The number of carbonyl (C=O) groups is 1. The number of benzene rings is 1. The second-order valence-corrected chi connectivity index (χ2v) is 5.80. The SMILES string of the molecule is O=C(NCC1(CCO)CC1)c1ccccc1I. The van der Waals surface area contributed by atoms with Crippen molar-refractivity contribution >= 4 is 28.5 Å². The Kier molecular flexibility index (Phi) is 4.04. The first-order valence-corrected chi connectivity index (χ1v) is 6.88. The van der Waals surface area contributed by atoms with Gasteiger partial charge < -0.3 is 10.4 Å². The number of nitrogens with one attached hydrogen (secondary N) is 1. The predicted octanol–water partition coefficient (Wildman–Crippen LogP) is 2.18. The van der Waals surface area contributed by atoms with Crippen LogP contribution >= 0.6 is 22.6 Å². The summed E-state index contributed by atoms with van der Waals surface area (Å²) in [5.74, 6) is -0.0146. The van der Waals surface area contributed by atoms with Gasteiger partial charge in [0.1, 0.15) is 0 Å². The van der Waals surface area contributed by atoms with Crippen LogP contribution in [0.15, 0.2) is 24.3 Å². The molecule has 17 heavy (non-hydrogen) atoms. The molecule has 0 atom stereocenters. The normalized spacial score (nSPS) is 16.6. The maximum absolute atomic E-state index is 12.0. The smallest absolute Gasteiger partial charge is 0.252 e. The third kappa shape index (κ3) is 3.19. The summed E-state index contributed by atoms with van der Waals surface area (Å²) in [4.78, 5) is 12.0. The van der Waals surface area contributed by atoms with Gasteiger partial charge in [0, 0.05) is 16.7 Å². The summed E-state index contributed by atoms with van der Waals surface area (Å²) in [7, 11) is 0. The van der Waals surface area contributed by atoms with Gasteiger partial charge in [-0.15, -0.1) is 0 Å². The molecular weight excluding hydrogens is 329 g/mol. The quantitative estimate of drug-likeness (QED) is 0.804. The molecule has 92 valence electrons. The van der Waals surface area contributed by atoms with E-state index >= 15 is 0 Å². The molecule has 0 saturated heterocycles. The summed E-state index contributed by atoms with van der Waals surface area (Å²) in [5.41, 5.74) is 0.901. The maximum Gasteiger partial charge on any atom is 0.252 e. The van der Waals surface area contributed by atoms with Crippen molar-refractivity contribution in [3.05, 3.63) is 33.4 Å². The van der Waals surface area contributed by atoms with Gasteiger partial charge in [-0.3, -0.25) is 4.79 Å². The van der Waals surface area contributed by atoms with Crippen LogP contribution in [0.25, 0.3) is 0 Å². The lowest BCUT2D eigenvalue weighted by Crippen LogP contribution is -2.31. The molecule has 4 heteroatoms. The Balaban J connectivity index is 1.92. The van der Waals surface area contributed by atoms with Crippen LogP contribution in [0, 0.1) is 8.99 Å². The van der Waals surface area contributed by atoms with Gasteiger partial charge in [0.15, 0.2) is 0 Å². The average Bonchev–Trinajstić information content (AvgIpc) is 3.08. The lowest BCUT2D eigenvalue weighted by atomic mass is 10.0. The predicted molar refractivity (Wildman–Crippen MR) is 74.9 cm³/mol. The van der Waals surface area contributed by atoms with Crippen molar-refractivity contribution in [1.29, 1.82) is 0 Å². The second kappa shape index (κ2) is 5.35. The molecule has 3 nitrogen and oxygen atoms in total. The van der Waals surface area contributed by atoms with E-state index in [2.05, 4.69) is 27.9 Å². The monoisotopic (exact) mass is 345 g/mol. The van der Waals surface area contributed by atoms with Gasteiger partial charge in [0.25, 0.3) is 5.91 Å². The number of rotatable bonds is 5. The van der Waals surface area contributed by atoms with Crippen LogP contribution in [0.1, 0.15) is 29.6 Å². The van der Waals surface area contributed by atoms with Crippen LogP contribution in [0.3, 0.4) is 0 Å². The highest BCUT2D eigenvalue weighted by Gasteiger charge is 2.41. The van der Waals surface area contributed by atoms with E-state index in [1.807, 2.05) is 24.3 Å². The third-order valence-electron chi connectivity index (χ3n) is 3.34. The zero-order chi connectivity index (χ0) is 12.3. The summed E-state index contributed by atoms with van der Waals surface area (Å²) in [6.07, 6.45) is 3.01. The van der Waals surface area contributed by atoms with Crippen LogP contribution in [0.4, 0.5) is 0 Å². The fraction of sp³-hybridized carbons (Fsp3) is 0.462. The second-order valence-electron chi connectivity index (χ2n) is 4.64. The largest absolute Gasteiger partial charge is 0.396 e. The van der Waals surface area contributed by atoms with Gasteiger partial charge >= 0.3 is 0 Å². The Morgan fingerprint density at radius 3 is 2.71 bits per heavy atom. The van der Waals surface area contributed by atoms with Crippen LogP contribution in [-0.2, 0) is 0 Å². The van der Waals surface area contributed by atoms with Gasteiger partial charge in [0.2, 0.25) is 0 Å². The van der Waals surface area contributed by atoms with Crippen molar-refractivity contribution in [2.24, 2.45) is 5.41 Å². The Bertz CT molecular complexity index is 416. The van der Waals surface area contributed by atoms with Crippen LogP contribution in [0.5, 0.6) is 0 Å². The lowest BCUT2D eigenvalue weighted by molar-refractivity contribution is 0.0940. The molecule has 0 aromatic heterocycles. The van der Waals surface area contributed by atoms with E-state index in [0.717, 1.165) is 28.4 Å². The lowest BCUT2D eigenvalue weighted by Gasteiger charge is -2.14. The Morgan fingerprint density at radius 2 is 2.12 bits per heavy atom. The minimum absolute atomic E-state index is 0.0146. The summed E-state index contributed by atoms with van der Waals surface area (Å²) in [6.45, 7) is 0.885. The number of amides is 1. The fourth-order valence-electron chi connectivity index (χ4n) is 1.94. The molecule has 0 spiro atoms. The summed E-state index contributed by atoms with van der Waals surface area (Å²) < 4.78 is 0.967. The number of carbonyl (C=O) groups excluding carboxylic acids is 1. The molecule has 0 radical (unpaired) electrons. The van der Waals surface area contributed by atoms with E-state index in [1.165, 1.54) is 0 Å². The molecule has 2 N–H and O–H groups in total. The molecule has 1 aliphatic carbocycles. The first-order valence-electron chi connectivity index (χ1n) is 5.80. The van der Waals surface area contributed by atoms with Crippen LogP contribution < -0.4 is 5.32 Å². The van der Waals surface area contributed by atoms with E-state index in [-0.39, 0.29) is 17.9 Å². The summed E-state index contributed by atoms with van der Waals surface area (Å²) in [5, 5.41) is 11.9. The van der Waals surface area contributed by atoms with Crippen molar-refractivity contribution in [2.75, 3.05) is 13.2 Å². The number of aliphatic hydroxyl groups is 1. The zero-order valence-corrected chi connectivity index (χ0v) is 11.7. The first-order chi connectivity index (χ1) is 8.17. The Labute approximate surface area is 115 Å². The molecule has 1 aliphatic rings. The molecule has 1 fully saturated rings. The molecule has 1 saturated carbocycles. The zero-order valence-electron chi connectivity index (χ0n) is 9.58. The first kappa shape index (κ1) is 12.8. The minimum atomic E-state index is -0.0146. The number of hydrogen-bond acceptors (Lipinski definition) is 2. The van der Waals surface area contributed by atoms with E-state index in [4.69, 9.17) is 5.11 Å². The Morgan fingerprint density at radius 1 is 1.41 bits per heavy atom. The van der Waals surface area contributed by atoms with Crippen molar-refractivity contribution in [3.63, 3.8) is 0 Å². The molecule has 0 unspecified atom stereocenters. The third-order valence-corrected chi connectivity index (χ3v) is 4.28. The molecule has 1 amide bonds. The van der Waals surface area contributed by atoms with E-state index in [1.54, 1.807) is 0 Å². The molecule has 0 heterocycles. The molecule has 0 bridgehead atoms. The van der Waals surface area contributed by atoms with Crippen molar-refractivity contribution < 1.29 is 9.90 Å². The van der Waals surface area contributed by atoms with Crippen molar-refractivity contribution in [1.82, 2.24) is 5.32 Å². The van der Waals surface area contributed by atoms with Gasteiger partial charge in [-0.2, -0.15) is 0 Å². The summed E-state index contributed by atoms with van der Waals surface area (Å²) in [6, 6.07) is 7.56. The molecule has 1 aromatic carbocycles. The minimum Gasteiger partial charge on any atom is -0.396 e. The summed E-state index contributed by atoms with van der Waals surface area (Å²) >= 11 is 2.17. The van der Waals surface area contributed by atoms with Crippen molar-refractivity contribution in [3.8, 4) is 0 Å². The van der Waals surface area contributed by atoms with E-state index in [0.29, 0.717) is 6.54 Å². The topological polar surface area (TPSA) is 49.3 Å². The van der Waals surface area contributed by atoms with E-state index in [9.17, 15) is 4.79 Å². The highest BCUT2D eigenvalue weighted by atomic mass is 127. The maximum atomic E-state index is 12.0. The molecule has 0 aliphatic heterocycles. The number of aliphatic hydroxyl groups excluding tert-OH is 1. The van der Waals surface area contributed by atoms with Crippen molar-refractivity contribution in [2.45, 2.75) is 19.3 Å². The molecule has 2 rings (SSSR count). The van der Waals surface area contributed by atoms with Gasteiger partial charge in [-0.1, -0.05) is 12.1 Å². The molecular formula is C13H16INO2. The standard InChI is InChI=1S/C13H16INO2/c14-11-4-2-1-3-10(11)12(17)15-9-13(5-6-13)7-8-16/h1-4,16H,5-9H2,(H,15,17). The van der Waals surface area contributed by atoms with Gasteiger partial charge in [0.05, 0.1) is 5.56 Å².